The first kappa shape index (κ1) is 13.1. The highest BCUT2D eigenvalue weighted by molar-refractivity contribution is 6.32. The highest BCUT2D eigenvalue weighted by atomic mass is 35.5. The summed E-state index contributed by atoms with van der Waals surface area (Å²) in [4.78, 5) is 0. The summed E-state index contributed by atoms with van der Waals surface area (Å²) in [6, 6.07) is 1.61. The molecule has 0 amide bonds. The number of rotatable bonds is 4. The lowest BCUT2D eigenvalue weighted by atomic mass is 10.0. The van der Waals surface area contributed by atoms with E-state index in [1.54, 1.807) is 6.07 Å². The third-order valence-corrected chi connectivity index (χ3v) is 2.71. The molecule has 0 bridgehead atoms. The van der Waals surface area contributed by atoms with E-state index in [-0.39, 0.29) is 6.54 Å². The van der Waals surface area contributed by atoms with Crippen molar-refractivity contribution in [2.24, 2.45) is 5.73 Å². The molecule has 5 heteroatoms. The second-order valence-electron chi connectivity index (χ2n) is 3.39. The SMILES string of the molecule is COc1c(Cl)cc(C(O)CN)c(OC)c1C. The summed E-state index contributed by atoms with van der Waals surface area (Å²) in [6.45, 7) is 1.93. The van der Waals surface area contributed by atoms with Crippen molar-refractivity contribution in [1.82, 2.24) is 0 Å². The molecule has 0 fully saturated rings. The number of aliphatic hydroxyl groups excluding tert-OH is 1. The fraction of sp³-hybridized carbons (Fsp3) is 0.455. The summed E-state index contributed by atoms with van der Waals surface area (Å²) < 4.78 is 10.4. The van der Waals surface area contributed by atoms with E-state index >= 15 is 0 Å². The van der Waals surface area contributed by atoms with Crippen LogP contribution in [-0.2, 0) is 0 Å². The predicted molar refractivity (Wildman–Crippen MR) is 63.3 cm³/mol. The van der Waals surface area contributed by atoms with Crippen LogP contribution >= 0.6 is 11.6 Å². The standard InChI is InChI=1S/C11H16ClNO3/c1-6-10(15-2)7(9(14)5-13)4-8(12)11(6)16-3/h4,9,14H,5,13H2,1-3H3. The average Bonchev–Trinajstić information content (AvgIpc) is 2.28. The molecule has 0 heterocycles. The number of methoxy groups -OCH3 is 2. The van der Waals surface area contributed by atoms with E-state index < -0.39 is 6.10 Å². The summed E-state index contributed by atoms with van der Waals surface area (Å²) in [6.07, 6.45) is -0.794. The van der Waals surface area contributed by atoms with Crippen LogP contribution < -0.4 is 15.2 Å². The van der Waals surface area contributed by atoms with Crippen LogP contribution in [0.1, 0.15) is 17.2 Å². The van der Waals surface area contributed by atoms with Gasteiger partial charge < -0.3 is 20.3 Å². The molecule has 1 rings (SSSR count). The zero-order valence-electron chi connectivity index (χ0n) is 9.58. The van der Waals surface area contributed by atoms with E-state index in [0.29, 0.717) is 22.1 Å². The Hall–Kier alpha value is -0.970. The molecule has 16 heavy (non-hydrogen) atoms. The fourth-order valence-corrected chi connectivity index (χ4v) is 2.00. The van der Waals surface area contributed by atoms with E-state index in [1.807, 2.05) is 6.92 Å². The van der Waals surface area contributed by atoms with Crippen molar-refractivity contribution in [3.63, 3.8) is 0 Å². The van der Waals surface area contributed by atoms with Crippen LogP contribution in [0.3, 0.4) is 0 Å². The summed E-state index contributed by atoms with van der Waals surface area (Å²) in [7, 11) is 3.06. The summed E-state index contributed by atoms with van der Waals surface area (Å²) in [5, 5.41) is 10.2. The van der Waals surface area contributed by atoms with Gasteiger partial charge in [0.1, 0.15) is 11.5 Å². The number of aliphatic hydroxyl groups is 1. The maximum absolute atomic E-state index is 9.75. The Morgan fingerprint density at radius 1 is 1.38 bits per heavy atom. The molecular formula is C11H16ClNO3. The molecule has 0 spiro atoms. The van der Waals surface area contributed by atoms with Crippen molar-refractivity contribution in [1.29, 1.82) is 0 Å². The minimum absolute atomic E-state index is 0.110. The topological polar surface area (TPSA) is 64.7 Å². The van der Waals surface area contributed by atoms with Gasteiger partial charge in [0, 0.05) is 17.7 Å². The number of benzene rings is 1. The van der Waals surface area contributed by atoms with Gasteiger partial charge in [-0.15, -0.1) is 0 Å². The molecule has 0 saturated heterocycles. The second kappa shape index (κ2) is 5.39. The van der Waals surface area contributed by atoms with E-state index in [2.05, 4.69) is 0 Å². The number of hydrogen-bond acceptors (Lipinski definition) is 4. The average molecular weight is 246 g/mol. The minimum Gasteiger partial charge on any atom is -0.496 e. The van der Waals surface area contributed by atoms with Gasteiger partial charge in [-0.05, 0) is 13.0 Å². The Kier molecular flexibility index (Phi) is 4.41. The molecule has 0 aliphatic heterocycles. The van der Waals surface area contributed by atoms with E-state index in [1.165, 1.54) is 14.2 Å². The molecule has 90 valence electrons. The number of ether oxygens (including phenoxy) is 2. The zero-order valence-corrected chi connectivity index (χ0v) is 10.3. The molecule has 1 aromatic rings. The molecule has 0 aromatic heterocycles. The molecule has 0 radical (unpaired) electrons. The molecule has 3 N–H and O–H groups in total. The van der Waals surface area contributed by atoms with E-state index in [4.69, 9.17) is 26.8 Å². The van der Waals surface area contributed by atoms with Crippen molar-refractivity contribution in [2.75, 3.05) is 20.8 Å². The van der Waals surface area contributed by atoms with Gasteiger partial charge >= 0.3 is 0 Å². The van der Waals surface area contributed by atoms with Gasteiger partial charge in [0.25, 0.3) is 0 Å². The Morgan fingerprint density at radius 2 is 1.94 bits per heavy atom. The molecular weight excluding hydrogens is 230 g/mol. The Balaban J connectivity index is 3.40. The van der Waals surface area contributed by atoms with Gasteiger partial charge in [-0.3, -0.25) is 0 Å². The lowest BCUT2D eigenvalue weighted by Crippen LogP contribution is -2.13. The van der Waals surface area contributed by atoms with Crippen molar-refractivity contribution in [2.45, 2.75) is 13.0 Å². The molecule has 4 nitrogen and oxygen atoms in total. The highest BCUT2D eigenvalue weighted by Crippen LogP contribution is 2.39. The van der Waals surface area contributed by atoms with E-state index in [0.717, 1.165) is 5.56 Å². The number of halogens is 1. The van der Waals surface area contributed by atoms with Gasteiger partial charge in [-0.25, -0.2) is 0 Å². The molecule has 1 aromatic carbocycles. The third-order valence-electron chi connectivity index (χ3n) is 2.43. The van der Waals surface area contributed by atoms with Crippen molar-refractivity contribution < 1.29 is 14.6 Å². The molecule has 1 unspecified atom stereocenters. The number of hydrogen-bond donors (Lipinski definition) is 2. The number of nitrogens with two attached hydrogens (primary N) is 1. The van der Waals surface area contributed by atoms with Gasteiger partial charge in [-0.1, -0.05) is 11.6 Å². The van der Waals surface area contributed by atoms with E-state index in [9.17, 15) is 5.11 Å². The molecule has 0 aliphatic rings. The Morgan fingerprint density at radius 3 is 2.38 bits per heavy atom. The van der Waals surface area contributed by atoms with Gasteiger partial charge in [0.2, 0.25) is 0 Å². The van der Waals surface area contributed by atoms with Gasteiger partial charge in [0.05, 0.1) is 25.3 Å². The van der Waals surface area contributed by atoms with Gasteiger partial charge in [-0.2, -0.15) is 0 Å². The summed E-state index contributed by atoms with van der Waals surface area (Å²) >= 11 is 6.03. The second-order valence-corrected chi connectivity index (χ2v) is 3.80. The van der Waals surface area contributed by atoms with Crippen LogP contribution in [0.4, 0.5) is 0 Å². The third kappa shape index (κ3) is 2.24. The molecule has 0 aliphatic carbocycles. The maximum atomic E-state index is 9.75. The van der Waals surface area contributed by atoms with Crippen molar-refractivity contribution >= 4 is 11.6 Å². The van der Waals surface area contributed by atoms with Gasteiger partial charge in [0.15, 0.2) is 0 Å². The lowest BCUT2D eigenvalue weighted by molar-refractivity contribution is 0.181. The summed E-state index contributed by atoms with van der Waals surface area (Å²) in [5.41, 5.74) is 6.75. The predicted octanol–water partition coefficient (Wildman–Crippen LogP) is 1.66. The van der Waals surface area contributed by atoms with Crippen LogP contribution in [0, 0.1) is 6.92 Å². The first-order valence-electron chi connectivity index (χ1n) is 4.85. The van der Waals surface area contributed by atoms with Crippen LogP contribution in [0.15, 0.2) is 6.07 Å². The van der Waals surface area contributed by atoms with Crippen LogP contribution in [0.5, 0.6) is 11.5 Å². The fourth-order valence-electron chi connectivity index (χ4n) is 1.66. The minimum atomic E-state index is -0.794. The van der Waals surface area contributed by atoms with Crippen molar-refractivity contribution in [3.8, 4) is 11.5 Å². The summed E-state index contributed by atoms with van der Waals surface area (Å²) in [5.74, 6) is 1.10. The maximum Gasteiger partial charge on any atom is 0.144 e. The lowest BCUT2D eigenvalue weighted by Gasteiger charge is -2.18. The zero-order chi connectivity index (χ0) is 12.3. The monoisotopic (exact) mass is 245 g/mol. The molecule has 1 atom stereocenters. The first-order valence-corrected chi connectivity index (χ1v) is 5.23. The largest absolute Gasteiger partial charge is 0.496 e. The quantitative estimate of drug-likeness (QED) is 0.847. The smallest absolute Gasteiger partial charge is 0.144 e. The Labute approximate surface area is 99.9 Å². The molecule has 0 saturated carbocycles. The van der Waals surface area contributed by atoms with Crippen molar-refractivity contribution in [3.05, 3.63) is 22.2 Å². The van der Waals surface area contributed by atoms with Crippen LogP contribution in [-0.4, -0.2) is 25.9 Å². The Bertz CT molecular complexity index is 382. The highest BCUT2D eigenvalue weighted by Gasteiger charge is 2.19. The normalized spacial score (nSPS) is 12.4. The first-order chi connectivity index (χ1) is 7.56. The van der Waals surface area contributed by atoms with Crippen LogP contribution in [0.25, 0.3) is 0 Å². The van der Waals surface area contributed by atoms with Crippen LogP contribution in [0.2, 0.25) is 5.02 Å².